The highest BCUT2D eigenvalue weighted by Crippen LogP contribution is 2.45. The van der Waals surface area contributed by atoms with Crippen LogP contribution in [0.2, 0.25) is 0 Å². The van der Waals surface area contributed by atoms with E-state index in [1.54, 1.807) is 0 Å². The first-order valence-electron chi connectivity index (χ1n) is 5.27. The Hall–Kier alpha value is -0.260. The van der Waals surface area contributed by atoms with Crippen LogP contribution in [-0.4, -0.2) is 0 Å². The average molecular weight is 166 g/mol. The van der Waals surface area contributed by atoms with E-state index in [1.165, 1.54) is 38.5 Å². The molecule has 0 radical (unpaired) electrons. The van der Waals surface area contributed by atoms with Crippen LogP contribution in [0.4, 0.5) is 0 Å². The summed E-state index contributed by atoms with van der Waals surface area (Å²) in [5, 5.41) is 0. The Morgan fingerprint density at radius 3 is 2.58 bits per heavy atom. The Labute approximate surface area is 77.1 Å². The van der Waals surface area contributed by atoms with Crippen LogP contribution in [-0.2, 0) is 0 Å². The zero-order valence-electron chi connectivity index (χ0n) is 8.60. The van der Waals surface area contributed by atoms with Crippen molar-refractivity contribution >= 4 is 0 Å². The summed E-state index contributed by atoms with van der Waals surface area (Å²) in [5.74, 6) is 0.897. The van der Waals surface area contributed by atoms with E-state index < -0.39 is 0 Å². The zero-order chi connectivity index (χ0) is 9.03. The lowest BCUT2D eigenvalue weighted by atomic mass is 9.65. The molecule has 0 heteroatoms. The van der Waals surface area contributed by atoms with Gasteiger partial charge in [-0.2, -0.15) is 0 Å². The summed E-state index contributed by atoms with van der Waals surface area (Å²) in [6.07, 6.45) is 10.4. The third kappa shape index (κ3) is 2.66. The molecule has 0 aromatic rings. The van der Waals surface area contributed by atoms with Crippen LogP contribution in [0, 0.1) is 11.3 Å². The SMILES string of the molecule is C=CCCC(C)CC1(C)CCC1. The predicted molar refractivity (Wildman–Crippen MR) is 55.2 cm³/mol. The van der Waals surface area contributed by atoms with Crippen LogP contribution in [0.1, 0.15) is 52.4 Å². The lowest BCUT2D eigenvalue weighted by Gasteiger charge is -2.40. The standard InChI is InChI=1S/C12H22/c1-4-5-7-11(2)10-12(3)8-6-9-12/h4,11H,1,5-10H2,2-3H3. The van der Waals surface area contributed by atoms with Crippen LogP contribution in [0.5, 0.6) is 0 Å². The molecule has 1 unspecified atom stereocenters. The fourth-order valence-corrected chi connectivity index (χ4v) is 2.33. The number of hydrogen-bond acceptors (Lipinski definition) is 0. The molecular weight excluding hydrogens is 144 g/mol. The Morgan fingerprint density at radius 2 is 2.17 bits per heavy atom. The van der Waals surface area contributed by atoms with Crippen LogP contribution < -0.4 is 0 Å². The molecule has 0 amide bonds. The predicted octanol–water partition coefficient (Wildman–Crippen LogP) is 4.17. The van der Waals surface area contributed by atoms with Crippen molar-refractivity contribution < 1.29 is 0 Å². The van der Waals surface area contributed by atoms with E-state index >= 15 is 0 Å². The molecule has 1 rings (SSSR count). The zero-order valence-corrected chi connectivity index (χ0v) is 8.60. The van der Waals surface area contributed by atoms with E-state index in [0.29, 0.717) is 5.41 Å². The van der Waals surface area contributed by atoms with E-state index in [-0.39, 0.29) is 0 Å². The summed E-state index contributed by atoms with van der Waals surface area (Å²) >= 11 is 0. The second kappa shape index (κ2) is 4.11. The third-order valence-corrected chi connectivity index (χ3v) is 3.27. The number of rotatable bonds is 5. The van der Waals surface area contributed by atoms with Crippen LogP contribution in [0.3, 0.4) is 0 Å². The smallest absolute Gasteiger partial charge is 0.0323 e. The molecule has 12 heavy (non-hydrogen) atoms. The Balaban J connectivity index is 2.16. The van der Waals surface area contributed by atoms with Gasteiger partial charge in [-0.05, 0) is 43.4 Å². The van der Waals surface area contributed by atoms with Crippen molar-refractivity contribution in [1.29, 1.82) is 0 Å². The van der Waals surface area contributed by atoms with Gasteiger partial charge in [0.1, 0.15) is 0 Å². The lowest BCUT2D eigenvalue weighted by Crippen LogP contribution is -2.27. The first-order valence-corrected chi connectivity index (χ1v) is 5.27. The molecule has 70 valence electrons. The van der Waals surface area contributed by atoms with Crippen LogP contribution in [0.15, 0.2) is 12.7 Å². The highest BCUT2D eigenvalue weighted by atomic mass is 14.4. The fraction of sp³-hybridized carbons (Fsp3) is 0.833. The molecule has 1 atom stereocenters. The van der Waals surface area contributed by atoms with Gasteiger partial charge < -0.3 is 0 Å². The number of allylic oxidation sites excluding steroid dienone is 1. The van der Waals surface area contributed by atoms with E-state index in [2.05, 4.69) is 20.4 Å². The largest absolute Gasteiger partial charge is 0.103 e. The quantitative estimate of drug-likeness (QED) is 0.538. The Bertz CT molecular complexity index is 142. The van der Waals surface area contributed by atoms with Crippen LogP contribution >= 0.6 is 0 Å². The minimum atomic E-state index is 0.709. The van der Waals surface area contributed by atoms with Crippen molar-refractivity contribution in [3.8, 4) is 0 Å². The van der Waals surface area contributed by atoms with Crippen molar-refractivity contribution in [2.24, 2.45) is 11.3 Å². The van der Waals surface area contributed by atoms with Gasteiger partial charge in [0.2, 0.25) is 0 Å². The molecule has 0 spiro atoms. The van der Waals surface area contributed by atoms with Crippen molar-refractivity contribution in [2.45, 2.75) is 52.4 Å². The molecular formula is C12H22. The summed E-state index contributed by atoms with van der Waals surface area (Å²) in [6.45, 7) is 8.59. The second-order valence-corrected chi connectivity index (χ2v) is 4.84. The Morgan fingerprint density at radius 1 is 1.50 bits per heavy atom. The first-order chi connectivity index (χ1) is 5.66. The lowest BCUT2D eigenvalue weighted by molar-refractivity contribution is 0.119. The van der Waals surface area contributed by atoms with Crippen molar-refractivity contribution in [3.63, 3.8) is 0 Å². The fourth-order valence-electron chi connectivity index (χ4n) is 2.33. The molecule has 0 heterocycles. The van der Waals surface area contributed by atoms with E-state index in [9.17, 15) is 0 Å². The van der Waals surface area contributed by atoms with E-state index in [0.717, 1.165) is 5.92 Å². The second-order valence-electron chi connectivity index (χ2n) is 4.84. The topological polar surface area (TPSA) is 0 Å². The van der Waals surface area contributed by atoms with Crippen LogP contribution in [0.25, 0.3) is 0 Å². The summed E-state index contributed by atoms with van der Waals surface area (Å²) in [5.41, 5.74) is 0.709. The molecule has 0 bridgehead atoms. The average Bonchev–Trinajstić information content (AvgIpc) is 1.98. The minimum Gasteiger partial charge on any atom is -0.103 e. The van der Waals surface area contributed by atoms with Crippen molar-refractivity contribution in [2.75, 3.05) is 0 Å². The molecule has 1 aliphatic rings. The maximum absolute atomic E-state index is 3.76. The molecule has 0 nitrogen and oxygen atoms in total. The van der Waals surface area contributed by atoms with Gasteiger partial charge in [-0.25, -0.2) is 0 Å². The molecule has 0 aromatic carbocycles. The van der Waals surface area contributed by atoms with Gasteiger partial charge in [0.05, 0.1) is 0 Å². The van der Waals surface area contributed by atoms with Gasteiger partial charge in [0.15, 0.2) is 0 Å². The van der Waals surface area contributed by atoms with Gasteiger partial charge in [0, 0.05) is 0 Å². The van der Waals surface area contributed by atoms with E-state index in [4.69, 9.17) is 0 Å². The summed E-state index contributed by atoms with van der Waals surface area (Å²) in [4.78, 5) is 0. The van der Waals surface area contributed by atoms with Gasteiger partial charge in [-0.1, -0.05) is 26.3 Å². The highest BCUT2D eigenvalue weighted by molar-refractivity contribution is 4.85. The van der Waals surface area contributed by atoms with Gasteiger partial charge >= 0.3 is 0 Å². The molecule has 0 aromatic heterocycles. The molecule has 0 aliphatic heterocycles. The monoisotopic (exact) mass is 166 g/mol. The summed E-state index contributed by atoms with van der Waals surface area (Å²) in [7, 11) is 0. The molecule has 1 aliphatic carbocycles. The Kier molecular flexibility index (Phi) is 3.37. The normalized spacial score (nSPS) is 22.8. The van der Waals surface area contributed by atoms with Crippen molar-refractivity contribution in [1.82, 2.24) is 0 Å². The molecule has 1 saturated carbocycles. The molecule has 0 N–H and O–H groups in total. The minimum absolute atomic E-state index is 0.709. The molecule has 0 saturated heterocycles. The number of hydrogen-bond donors (Lipinski definition) is 0. The van der Waals surface area contributed by atoms with Gasteiger partial charge in [-0.15, -0.1) is 6.58 Å². The molecule has 1 fully saturated rings. The first kappa shape index (κ1) is 9.83. The third-order valence-electron chi connectivity index (χ3n) is 3.27. The summed E-state index contributed by atoms with van der Waals surface area (Å²) < 4.78 is 0. The van der Waals surface area contributed by atoms with E-state index in [1.807, 2.05) is 6.08 Å². The summed E-state index contributed by atoms with van der Waals surface area (Å²) in [6, 6.07) is 0. The van der Waals surface area contributed by atoms with Gasteiger partial charge in [0.25, 0.3) is 0 Å². The van der Waals surface area contributed by atoms with Gasteiger partial charge in [-0.3, -0.25) is 0 Å². The van der Waals surface area contributed by atoms with Crippen molar-refractivity contribution in [3.05, 3.63) is 12.7 Å². The maximum atomic E-state index is 3.76. The maximum Gasteiger partial charge on any atom is -0.0323 e. The highest BCUT2D eigenvalue weighted by Gasteiger charge is 2.32.